The number of ether oxygens (including phenoxy) is 2. The van der Waals surface area contributed by atoms with Crippen LogP contribution in [0.3, 0.4) is 0 Å². The van der Waals surface area contributed by atoms with Gasteiger partial charge >= 0.3 is 0 Å². The predicted octanol–water partition coefficient (Wildman–Crippen LogP) is 6.23. The molecular weight excluding hydrogens is 732 g/mol. The van der Waals surface area contributed by atoms with Crippen molar-refractivity contribution < 1.29 is 46.2 Å². The molecule has 294 valence electrons. The molecule has 0 aromatic heterocycles. The Morgan fingerprint density at radius 2 is 0.911 bits per heavy atom. The fraction of sp³-hybridized carbons (Fsp3) is 0.238. The van der Waals surface area contributed by atoms with Gasteiger partial charge in [-0.1, -0.05) is 12.2 Å². The SMILES string of the molecule is C=CCN(C(=O)[C@H](Cc1cc(F)cc(F)c1)NC(=O)CCC(=O)N[C@H](Cc1cc(F)cc(F)c1)C(=O)N(CC=C)c1ccc(OC)cc1)c1ccc(OC)cc1. The van der Waals surface area contributed by atoms with Crippen LogP contribution in [0.1, 0.15) is 24.0 Å². The largest absolute Gasteiger partial charge is 0.497 e. The molecule has 4 aromatic rings. The molecule has 10 nitrogen and oxygen atoms in total. The molecule has 14 heteroatoms. The second kappa shape index (κ2) is 20.3. The molecule has 2 N–H and O–H groups in total. The highest BCUT2D eigenvalue weighted by Crippen LogP contribution is 2.23. The minimum atomic E-state index is -1.34. The topological polar surface area (TPSA) is 117 Å². The van der Waals surface area contributed by atoms with E-state index in [2.05, 4.69) is 23.8 Å². The molecule has 0 spiro atoms. The maximum Gasteiger partial charge on any atom is 0.250 e. The highest BCUT2D eigenvalue weighted by atomic mass is 19.1. The van der Waals surface area contributed by atoms with Crippen LogP contribution in [-0.2, 0) is 32.0 Å². The molecule has 56 heavy (non-hydrogen) atoms. The molecule has 0 aliphatic rings. The number of hydrogen-bond acceptors (Lipinski definition) is 6. The van der Waals surface area contributed by atoms with Crippen molar-refractivity contribution in [2.24, 2.45) is 0 Å². The van der Waals surface area contributed by atoms with Crippen LogP contribution in [0.2, 0.25) is 0 Å². The number of carbonyl (C=O) groups excluding carboxylic acids is 4. The van der Waals surface area contributed by atoms with E-state index in [-0.39, 0.29) is 37.1 Å². The van der Waals surface area contributed by atoms with Crippen molar-refractivity contribution in [2.45, 2.75) is 37.8 Å². The normalized spacial score (nSPS) is 11.8. The summed E-state index contributed by atoms with van der Waals surface area (Å²) in [5.74, 6) is -5.24. The van der Waals surface area contributed by atoms with Crippen LogP contribution >= 0.6 is 0 Å². The van der Waals surface area contributed by atoms with E-state index < -0.39 is 71.8 Å². The highest BCUT2D eigenvalue weighted by Gasteiger charge is 2.30. The first-order valence-electron chi connectivity index (χ1n) is 17.4. The minimum Gasteiger partial charge on any atom is -0.497 e. The van der Waals surface area contributed by atoms with E-state index in [1.165, 1.54) is 36.2 Å². The summed E-state index contributed by atoms with van der Waals surface area (Å²) < 4.78 is 67.0. The second-order valence-electron chi connectivity index (χ2n) is 12.6. The van der Waals surface area contributed by atoms with E-state index >= 15 is 0 Å². The lowest BCUT2D eigenvalue weighted by atomic mass is 10.0. The zero-order valence-electron chi connectivity index (χ0n) is 30.9. The van der Waals surface area contributed by atoms with Crippen LogP contribution in [0.15, 0.2) is 110 Å². The van der Waals surface area contributed by atoms with E-state index in [1.54, 1.807) is 48.5 Å². The Bertz CT molecular complexity index is 1840. The van der Waals surface area contributed by atoms with Gasteiger partial charge in [0.2, 0.25) is 23.6 Å². The van der Waals surface area contributed by atoms with Gasteiger partial charge in [-0.25, -0.2) is 17.6 Å². The summed E-state index contributed by atoms with van der Waals surface area (Å²) in [4.78, 5) is 57.4. The first kappa shape index (κ1) is 42.3. The molecule has 4 aromatic carbocycles. The summed E-state index contributed by atoms with van der Waals surface area (Å²) in [7, 11) is 2.96. The van der Waals surface area contributed by atoms with Gasteiger partial charge in [0.05, 0.1) is 14.2 Å². The van der Waals surface area contributed by atoms with E-state index in [4.69, 9.17) is 9.47 Å². The number of anilines is 2. The molecule has 0 saturated heterocycles. The number of carbonyl (C=O) groups is 4. The Morgan fingerprint density at radius 1 is 0.589 bits per heavy atom. The highest BCUT2D eigenvalue weighted by molar-refractivity contribution is 6.01. The molecule has 0 unspecified atom stereocenters. The Labute approximate surface area is 322 Å². The number of nitrogens with zero attached hydrogens (tertiary/aromatic N) is 2. The molecule has 0 heterocycles. The van der Waals surface area contributed by atoms with Crippen LogP contribution in [0.25, 0.3) is 0 Å². The third kappa shape index (κ3) is 12.0. The summed E-state index contributed by atoms with van der Waals surface area (Å²) in [5.41, 5.74) is 1.02. The van der Waals surface area contributed by atoms with Crippen molar-refractivity contribution in [1.29, 1.82) is 0 Å². The van der Waals surface area contributed by atoms with Crippen molar-refractivity contribution in [2.75, 3.05) is 37.1 Å². The van der Waals surface area contributed by atoms with Crippen LogP contribution in [0.5, 0.6) is 11.5 Å². The Morgan fingerprint density at radius 3 is 1.20 bits per heavy atom. The maximum absolute atomic E-state index is 14.2. The van der Waals surface area contributed by atoms with Crippen LogP contribution < -0.4 is 29.9 Å². The van der Waals surface area contributed by atoms with E-state index in [0.29, 0.717) is 35.0 Å². The molecule has 2 atom stereocenters. The van der Waals surface area contributed by atoms with Gasteiger partial charge in [0, 0.05) is 62.3 Å². The summed E-state index contributed by atoms with van der Waals surface area (Å²) in [5, 5.41) is 5.18. The molecule has 0 aliphatic carbocycles. The number of rotatable bonds is 19. The maximum atomic E-state index is 14.2. The predicted molar refractivity (Wildman–Crippen MR) is 204 cm³/mol. The van der Waals surface area contributed by atoms with Crippen molar-refractivity contribution in [3.8, 4) is 11.5 Å². The average Bonchev–Trinajstić information content (AvgIpc) is 3.16. The monoisotopic (exact) mass is 774 g/mol. The van der Waals surface area contributed by atoms with Gasteiger partial charge in [0.1, 0.15) is 46.9 Å². The lowest BCUT2D eigenvalue weighted by Crippen LogP contribution is -2.51. The van der Waals surface area contributed by atoms with Gasteiger partial charge in [-0.05, 0) is 83.9 Å². The molecule has 0 saturated carbocycles. The van der Waals surface area contributed by atoms with Gasteiger partial charge in [-0.3, -0.25) is 19.2 Å². The average molecular weight is 775 g/mol. The number of hydrogen-bond donors (Lipinski definition) is 2. The van der Waals surface area contributed by atoms with Gasteiger partial charge in [-0.15, -0.1) is 13.2 Å². The van der Waals surface area contributed by atoms with E-state index in [1.807, 2.05) is 0 Å². The molecule has 4 rings (SSSR count). The van der Waals surface area contributed by atoms with Crippen LogP contribution in [-0.4, -0.2) is 63.0 Å². The molecule has 4 amide bonds. The smallest absolute Gasteiger partial charge is 0.250 e. The second-order valence-corrected chi connectivity index (χ2v) is 12.6. The number of methoxy groups -OCH3 is 2. The van der Waals surface area contributed by atoms with Crippen molar-refractivity contribution >= 4 is 35.0 Å². The zero-order valence-corrected chi connectivity index (χ0v) is 30.9. The van der Waals surface area contributed by atoms with Gasteiger partial charge in [0.15, 0.2) is 0 Å². The van der Waals surface area contributed by atoms with Crippen LogP contribution in [0.4, 0.5) is 28.9 Å². The molecule has 0 radical (unpaired) electrons. The standard InChI is InChI=1S/C42H42F4N4O6/c1-5-17-49(33-7-11-35(55-3)12-8-33)41(53)37(23-27-19-29(43)25-30(44)20-27)47-39(51)15-16-40(52)48-38(24-28-21-31(45)26-32(46)22-28)42(54)50(18-6-2)34-9-13-36(56-4)14-10-34/h5-14,19-22,25-26,37-38H,1-2,15-18,23-24H2,3-4H3,(H,47,51)(H,48,52)/t37-,38+. The first-order chi connectivity index (χ1) is 26.8. The van der Waals surface area contributed by atoms with Crippen molar-refractivity contribution in [1.82, 2.24) is 10.6 Å². The Hall–Kier alpha value is -6.44. The summed E-state index contributed by atoms with van der Waals surface area (Å²) in [6.07, 6.45) is 1.38. The Balaban J connectivity index is 1.55. The molecule has 0 fully saturated rings. The number of halogens is 4. The molecular formula is C42H42F4N4O6. The van der Waals surface area contributed by atoms with E-state index in [0.717, 1.165) is 24.3 Å². The number of amides is 4. The van der Waals surface area contributed by atoms with Gasteiger partial charge < -0.3 is 29.9 Å². The van der Waals surface area contributed by atoms with Gasteiger partial charge in [-0.2, -0.15) is 0 Å². The summed E-state index contributed by atoms with van der Waals surface area (Å²) in [6.45, 7) is 7.45. The number of nitrogens with one attached hydrogen (secondary N) is 2. The zero-order chi connectivity index (χ0) is 40.8. The number of benzene rings is 4. The quantitative estimate of drug-likeness (QED) is 0.0862. The van der Waals surface area contributed by atoms with Crippen LogP contribution in [0, 0.1) is 23.3 Å². The lowest BCUT2D eigenvalue weighted by molar-refractivity contribution is -0.130. The van der Waals surface area contributed by atoms with Crippen molar-refractivity contribution in [3.63, 3.8) is 0 Å². The van der Waals surface area contributed by atoms with E-state index in [9.17, 15) is 36.7 Å². The Kier molecular flexibility index (Phi) is 15.3. The fourth-order valence-corrected chi connectivity index (χ4v) is 5.89. The summed E-state index contributed by atoms with van der Waals surface area (Å²) in [6, 6.07) is 15.8. The first-order valence-corrected chi connectivity index (χ1v) is 17.4. The fourth-order valence-electron chi connectivity index (χ4n) is 5.89. The molecule has 0 bridgehead atoms. The molecule has 0 aliphatic heterocycles. The van der Waals surface area contributed by atoms with Crippen molar-refractivity contribution in [3.05, 3.63) is 145 Å². The minimum absolute atomic E-state index is 0.0154. The lowest BCUT2D eigenvalue weighted by Gasteiger charge is -2.28. The summed E-state index contributed by atoms with van der Waals surface area (Å²) >= 11 is 0. The van der Waals surface area contributed by atoms with Gasteiger partial charge in [0.25, 0.3) is 0 Å². The third-order valence-electron chi connectivity index (χ3n) is 8.49. The third-order valence-corrected chi connectivity index (χ3v) is 8.49.